The van der Waals surface area contributed by atoms with Crippen LogP contribution in [-0.4, -0.2) is 191 Å². The molecule has 63 heavy (non-hydrogen) atoms. The number of rotatable bonds is 42. The molecule has 0 saturated carbocycles. The van der Waals surface area contributed by atoms with Crippen LogP contribution in [0.5, 0.6) is 0 Å². The Bertz CT molecular complexity index is 1010. The minimum Gasteiger partial charge on any atom is -0.463 e. The molecule has 0 aliphatic rings. The van der Waals surface area contributed by atoms with Gasteiger partial charge in [-0.25, -0.2) is 0 Å². The molecule has 0 bridgehead atoms. The van der Waals surface area contributed by atoms with E-state index in [9.17, 15) is 14.4 Å². The molecule has 0 N–H and O–H groups in total. The van der Waals surface area contributed by atoms with Gasteiger partial charge in [0.2, 0.25) is 0 Å². The van der Waals surface area contributed by atoms with Crippen LogP contribution in [0.1, 0.15) is 88.5 Å². The Hall–Kier alpha value is -2.07. The molecule has 0 spiro atoms. The lowest BCUT2D eigenvalue weighted by Gasteiger charge is -2.20. The molecule has 0 unspecified atom stereocenters. The lowest BCUT2D eigenvalue weighted by Crippen LogP contribution is -2.27. The zero-order chi connectivity index (χ0) is 47.9. The average Bonchev–Trinajstić information content (AvgIpc) is 3.27. The molecule has 0 amide bonds. The zero-order valence-electron chi connectivity index (χ0n) is 41.4. The van der Waals surface area contributed by atoms with Crippen molar-refractivity contribution in [2.24, 2.45) is 16.2 Å². The van der Waals surface area contributed by atoms with Crippen LogP contribution in [0.2, 0.25) is 0 Å². The van der Waals surface area contributed by atoms with Crippen LogP contribution in [0.25, 0.3) is 0 Å². The fraction of sp³-hybridized carbons (Fsp3) is 0.933. The third-order valence-electron chi connectivity index (χ3n) is 9.18. The SMILES string of the molecule is CCC(C)(C)C(=O)OCCOCCOC.CCC(C)(C)C(=O)OCCOCCOCCOCCOCCOCCOCCOCCOCCOC.CCOCOC(=O)C(C)(C)CC. The number of hydrogen-bond acceptors (Lipinski definition) is 18. The Morgan fingerprint density at radius 1 is 0.302 bits per heavy atom. The summed E-state index contributed by atoms with van der Waals surface area (Å²) in [5.41, 5.74) is -1.24. The van der Waals surface area contributed by atoms with Gasteiger partial charge in [0.1, 0.15) is 13.2 Å². The molecular weight excluding hydrogens is 828 g/mol. The van der Waals surface area contributed by atoms with E-state index in [0.29, 0.717) is 145 Å². The molecule has 0 aromatic rings. The highest BCUT2D eigenvalue weighted by Gasteiger charge is 2.28. The van der Waals surface area contributed by atoms with Crippen molar-refractivity contribution >= 4 is 17.9 Å². The first-order valence-corrected chi connectivity index (χ1v) is 22.4. The lowest BCUT2D eigenvalue weighted by molar-refractivity contribution is -0.166. The largest absolute Gasteiger partial charge is 0.463 e. The monoisotopic (exact) mass is 919 g/mol. The Morgan fingerprint density at radius 2 is 0.508 bits per heavy atom. The van der Waals surface area contributed by atoms with E-state index in [-0.39, 0.29) is 31.3 Å². The Balaban J connectivity index is -0.00000108. The van der Waals surface area contributed by atoms with Gasteiger partial charge in [-0.15, -0.1) is 0 Å². The van der Waals surface area contributed by atoms with Gasteiger partial charge in [0.25, 0.3) is 0 Å². The molecule has 18 heteroatoms. The molecule has 0 aliphatic carbocycles. The molecule has 0 heterocycles. The second kappa shape index (κ2) is 46.5. The van der Waals surface area contributed by atoms with Gasteiger partial charge >= 0.3 is 17.9 Å². The maximum absolute atomic E-state index is 11.8. The topological polar surface area (TPSA) is 190 Å². The third-order valence-corrected chi connectivity index (χ3v) is 9.18. The Kier molecular flexibility index (Phi) is 48.1. The van der Waals surface area contributed by atoms with Gasteiger partial charge in [-0.2, -0.15) is 0 Å². The maximum atomic E-state index is 11.8. The van der Waals surface area contributed by atoms with Crippen LogP contribution in [0.4, 0.5) is 0 Å². The van der Waals surface area contributed by atoms with Crippen molar-refractivity contribution in [3.05, 3.63) is 0 Å². The predicted molar refractivity (Wildman–Crippen MR) is 238 cm³/mol. The Morgan fingerprint density at radius 3 is 0.714 bits per heavy atom. The summed E-state index contributed by atoms with van der Waals surface area (Å²) in [5.74, 6) is -0.559. The molecule has 0 aromatic carbocycles. The van der Waals surface area contributed by atoms with Crippen molar-refractivity contribution in [3.63, 3.8) is 0 Å². The van der Waals surface area contributed by atoms with E-state index in [4.69, 9.17) is 71.1 Å². The van der Waals surface area contributed by atoms with Crippen molar-refractivity contribution in [3.8, 4) is 0 Å². The predicted octanol–water partition coefficient (Wildman–Crippen LogP) is 5.33. The molecule has 0 rings (SSSR count). The number of esters is 3. The molecule has 378 valence electrons. The summed E-state index contributed by atoms with van der Waals surface area (Å²) in [6, 6.07) is 0. The van der Waals surface area contributed by atoms with Crippen molar-refractivity contribution < 1.29 is 85.4 Å². The molecule has 0 aliphatic heterocycles. The summed E-state index contributed by atoms with van der Waals surface area (Å²) in [6.45, 7) is 30.4. The smallest absolute Gasteiger partial charge is 0.313 e. The van der Waals surface area contributed by atoms with E-state index in [1.165, 1.54) is 0 Å². The first-order chi connectivity index (χ1) is 30.1. The summed E-state index contributed by atoms with van der Waals surface area (Å²) in [6.07, 6.45) is 2.29. The minimum absolute atomic E-state index is 0.0682. The van der Waals surface area contributed by atoms with Crippen LogP contribution in [-0.2, 0) is 85.4 Å². The molecule has 18 nitrogen and oxygen atoms in total. The first kappa shape index (κ1) is 65.2. The normalized spacial score (nSPS) is 11.6. The number of ether oxygens (including phenoxy) is 15. The fourth-order valence-corrected chi connectivity index (χ4v) is 3.61. The Labute approximate surface area is 380 Å². The standard InChI is InChI=1S/C25H50O11.C11H22O4.C9H18O3/c1-5-25(2,3)24(26)36-23-22-35-21-20-34-19-18-33-17-16-32-15-14-31-13-12-30-11-10-29-9-8-28-7-6-27-4;1-5-11(2,3)10(12)15-9-8-14-7-6-13-4;1-5-9(3,4)8(10)12-7-11-6-2/h5-23H2,1-4H3;5-9H2,1-4H3;5-7H2,1-4H3. The van der Waals surface area contributed by atoms with E-state index in [2.05, 4.69) is 0 Å². The summed E-state index contributed by atoms with van der Waals surface area (Å²) in [4.78, 5) is 34.5. The molecule has 0 saturated heterocycles. The fourth-order valence-electron chi connectivity index (χ4n) is 3.61. The van der Waals surface area contributed by atoms with Gasteiger partial charge in [0, 0.05) is 20.8 Å². The summed E-state index contributed by atoms with van der Waals surface area (Å²) in [7, 11) is 3.26. The molecule has 0 fully saturated rings. The number of hydrogen-bond donors (Lipinski definition) is 0. The second-order valence-electron chi connectivity index (χ2n) is 15.5. The lowest BCUT2D eigenvalue weighted by atomic mass is 9.91. The minimum atomic E-state index is -0.450. The van der Waals surface area contributed by atoms with E-state index >= 15 is 0 Å². The number of methoxy groups -OCH3 is 2. The van der Waals surface area contributed by atoms with Gasteiger partial charge < -0.3 is 71.1 Å². The second-order valence-corrected chi connectivity index (χ2v) is 15.5. The van der Waals surface area contributed by atoms with Crippen molar-refractivity contribution in [2.75, 3.05) is 173 Å². The summed E-state index contributed by atoms with van der Waals surface area (Å²) < 4.78 is 78.1. The van der Waals surface area contributed by atoms with E-state index in [0.717, 1.165) is 19.3 Å². The molecular formula is C45H90O18. The highest BCUT2D eigenvalue weighted by Crippen LogP contribution is 2.22. The summed E-state index contributed by atoms with van der Waals surface area (Å²) >= 11 is 0. The van der Waals surface area contributed by atoms with E-state index < -0.39 is 16.2 Å². The van der Waals surface area contributed by atoms with Crippen LogP contribution in [0, 0.1) is 16.2 Å². The van der Waals surface area contributed by atoms with Crippen molar-refractivity contribution in [1.29, 1.82) is 0 Å². The van der Waals surface area contributed by atoms with Crippen molar-refractivity contribution in [1.82, 2.24) is 0 Å². The highest BCUT2D eigenvalue weighted by atomic mass is 16.7. The first-order valence-electron chi connectivity index (χ1n) is 22.4. The quantitative estimate of drug-likeness (QED) is 0.0330. The van der Waals surface area contributed by atoms with Gasteiger partial charge in [-0.3, -0.25) is 14.4 Å². The number of carbonyl (C=O) groups is 3. The van der Waals surface area contributed by atoms with Crippen LogP contribution < -0.4 is 0 Å². The molecule has 0 aromatic heterocycles. The van der Waals surface area contributed by atoms with Crippen LogP contribution in [0.15, 0.2) is 0 Å². The molecule has 0 atom stereocenters. The maximum Gasteiger partial charge on any atom is 0.313 e. The van der Waals surface area contributed by atoms with E-state index in [1.807, 2.05) is 69.2 Å². The van der Waals surface area contributed by atoms with Gasteiger partial charge in [-0.1, -0.05) is 20.8 Å². The van der Waals surface area contributed by atoms with Crippen LogP contribution in [0.3, 0.4) is 0 Å². The van der Waals surface area contributed by atoms with Gasteiger partial charge in [-0.05, 0) is 67.7 Å². The zero-order valence-corrected chi connectivity index (χ0v) is 41.4. The van der Waals surface area contributed by atoms with Gasteiger partial charge in [0.05, 0.1) is 148 Å². The third kappa shape index (κ3) is 44.9. The van der Waals surface area contributed by atoms with Gasteiger partial charge in [0.15, 0.2) is 6.79 Å². The number of carbonyl (C=O) groups excluding carboxylic acids is 3. The highest BCUT2D eigenvalue weighted by molar-refractivity contribution is 5.76. The average molecular weight is 919 g/mol. The van der Waals surface area contributed by atoms with Crippen molar-refractivity contribution in [2.45, 2.75) is 88.5 Å². The van der Waals surface area contributed by atoms with E-state index in [1.54, 1.807) is 14.2 Å². The summed E-state index contributed by atoms with van der Waals surface area (Å²) in [5, 5.41) is 0. The molecule has 0 radical (unpaired) electrons. The van der Waals surface area contributed by atoms with Crippen LogP contribution >= 0.6 is 0 Å².